The minimum Gasteiger partial charge on any atom is -0.478 e. The summed E-state index contributed by atoms with van der Waals surface area (Å²) in [7, 11) is -3.11. The number of aromatic carboxylic acids is 1. The molecule has 0 saturated heterocycles. The smallest absolute Gasteiger partial charge is 0.335 e. The number of rotatable bonds is 6. The van der Waals surface area contributed by atoms with E-state index in [1.165, 1.54) is 21.0 Å². The molecule has 0 fully saturated rings. The molecule has 6 nitrogen and oxygen atoms in total. The van der Waals surface area contributed by atoms with Crippen LogP contribution < -0.4 is 4.72 Å². The van der Waals surface area contributed by atoms with E-state index in [0.29, 0.717) is 12.1 Å². The van der Waals surface area contributed by atoms with Gasteiger partial charge < -0.3 is 9.84 Å². The van der Waals surface area contributed by atoms with E-state index in [-0.39, 0.29) is 6.61 Å². The normalized spacial score (nSPS) is 12.4. The molecule has 0 aliphatic heterocycles. The van der Waals surface area contributed by atoms with Gasteiger partial charge in [0.05, 0.1) is 17.7 Å². The molecule has 0 saturated carbocycles. The van der Waals surface area contributed by atoms with E-state index >= 15 is 0 Å². The van der Waals surface area contributed by atoms with Crippen LogP contribution in [0.15, 0.2) is 17.0 Å². The molecule has 0 aliphatic carbocycles. The standard InChI is InChI=1S/C12H15F2NO5S/c1-12(2,6-20-3)15-21(18,19)9-5-7(11(16)17)4-8(13)10(9)14/h4-5,15H,6H2,1-3H3,(H,16,17). The Morgan fingerprint density at radius 2 is 1.95 bits per heavy atom. The van der Waals surface area contributed by atoms with Gasteiger partial charge in [-0.1, -0.05) is 0 Å². The van der Waals surface area contributed by atoms with Crippen molar-refractivity contribution in [2.45, 2.75) is 24.3 Å². The number of nitrogens with one attached hydrogen (secondary N) is 1. The lowest BCUT2D eigenvalue weighted by Crippen LogP contribution is -2.46. The van der Waals surface area contributed by atoms with E-state index in [9.17, 15) is 22.0 Å². The average Bonchev–Trinajstić information content (AvgIpc) is 2.30. The Bertz CT molecular complexity index is 658. The van der Waals surface area contributed by atoms with Crippen molar-refractivity contribution in [1.29, 1.82) is 0 Å². The van der Waals surface area contributed by atoms with Crippen LogP contribution in [0.5, 0.6) is 0 Å². The lowest BCUT2D eigenvalue weighted by Gasteiger charge is -2.25. The Labute approximate surface area is 120 Å². The number of carboxylic acid groups (broad SMARTS) is 1. The highest BCUT2D eigenvalue weighted by atomic mass is 32.2. The molecule has 9 heteroatoms. The average molecular weight is 323 g/mol. The molecule has 0 aromatic heterocycles. The second-order valence-corrected chi connectivity index (χ2v) is 6.65. The zero-order valence-corrected chi connectivity index (χ0v) is 12.4. The van der Waals surface area contributed by atoms with E-state index in [1.54, 1.807) is 0 Å². The highest BCUT2D eigenvalue weighted by molar-refractivity contribution is 7.89. The summed E-state index contributed by atoms with van der Waals surface area (Å²) in [5.41, 5.74) is -1.76. The zero-order valence-electron chi connectivity index (χ0n) is 11.6. The molecule has 118 valence electrons. The van der Waals surface area contributed by atoms with Crippen molar-refractivity contribution in [3.8, 4) is 0 Å². The molecule has 0 amide bonds. The molecule has 1 rings (SSSR count). The summed E-state index contributed by atoms with van der Waals surface area (Å²) in [6, 6.07) is 0.975. The molecule has 0 bridgehead atoms. The van der Waals surface area contributed by atoms with E-state index in [1.807, 2.05) is 0 Å². The van der Waals surface area contributed by atoms with Gasteiger partial charge in [-0.3, -0.25) is 0 Å². The van der Waals surface area contributed by atoms with E-state index in [2.05, 4.69) is 4.72 Å². The quantitative estimate of drug-likeness (QED) is 0.825. The van der Waals surface area contributed by atoms with Crippen molar-refractivity contribution in [3.63, 3.8) is 0 Å². The number of methoxy groups -OCH3 is 1. The molecular weight excluding hydrogens is 308 g/mol. The van der Waals surface area contributed by atoms with Crippen molar-refractivity contribution in [1.82, 2.24) is 4.72 Å². The van der Waals surface area contributed by atoms with Crippen molar-refractivity contribution < 1.29 is 31.8 Å². The summed E-state index contributed by atoms with van der Waals surface area (Å²) in [6.45, 7) is 2.93. The molecule has 0 unspecified atom stereocenters. The Morgan fingerprint density at radius 3 is 2.43 bits per heavy atom. The minimum absolute atomic E-state index is 0.0189. The molecule has 0 spiro atoms. The highest BCUT2D eigenvalue weighted by Gasteiger charge is 2.30. The van der Waals surface area contributed by atoms with Gasteiger partial charge in [0.1, 0.15) is 4.90 Å². The van der Waals surface area contributed by atoms with Crippen LogP contribution in [0.1, 0.15) is 24.2 Å². The molecule has 0 heterocycles. The number of ether oxygens (including phenoxy) is 1. The molecule has 1 aromatic carbocycles. The first-order chi connectivity index (χ1) is 9.50. The Morgan fingerprint density at radius 1 is 1.38 bits per heavy atom. The minimum atomic E-state index is -4.46. The van der Waals surface area contributed by atoms with Crippen LogP contribution in [0.2, 0.25) is 0 Å². The van der Waals surface area contributed by atoms with Gasteiger partial charge in [-0.2, -0.15) is 0 Å². The van der Waals surface area contributed by atoms with Crippen LogP contribution in [0.25, 0.3) is 0 Å². The number of hydrogen-bond donors (Lipinski definition) is 2. The molecule has 21 heavy (non-hydrogen) atoms. The first-order valence-corrected chi connectivity index (χ1v) is 7.24. The van der Waals surface area contributed by atoms with E-state index in [4.69, 9.17) is 9.84 Å². The molecule has 0 atom stereocenters. The molecular formula is C12H15F2NO5S. The van der Waals surface area contributed by atoms with Crippen molar-refractivity contribution in [2.24, 2.45) is 0 Å². The molecule has 2 N–H and O–H groups in total. The lowest BCUT2D eigenvalue weighted by molar-refractivity contribution is 0.0696. The fraction of sp³-hybridized carbons (Fsp3) is 0.417. The third-order valence-corrected chi connectivity index (χ3v) is 4.14. The fourth-order valence-electron chi connectivity index (χ4n) is 1.69. The van der Waals surface area contributed by atoms with Gasteiger partial charge in [-0.05, 0) is 26.0 Å². The molecule has 0 aliphatic rings. The van der Waals surface area contributed by atoms with Gasteiger partial charge in [-0.25, -0.2) is 26.7 Å². The van der Waals surface area contributed by atoms with Crippen LogP contribution in [0, 0.1) is 11.6 Å². The maximum Gasteiger partial charge on any atom is 0.335 e. The van der Waals surface area contributed by atoms with Gasteiger partial charge in [0.2, 0.25) is 10.0 Å². The van der Waals surface area contributed by atoms with Crippen LogP contribution in [0.4, 0.5) is 8.78 Å². The van der Waals surface area contributed by atoms with Gasteiger partial charge in [0.15, 0.2) is 11.6 Å². The molecule has 1 aromatic rings. The van der Waals surface area contributed by atoms with Crippen molar-refractivity contribution in [3.05, 3.63) is 29.3 Å². The van der Waals surface area contributed by atoms with Crippen LogP contribution in [-0.4, -0.2) is 38.7 Å². The summed E-state index contributed by atoms with van der Waals surface area (Å²) in [4.78, 5) is 9.74. The first-order valence-electron chi connectivity index (χ1n) is 5.75. The summed E-state index contributed by atoms with van der Waals surface area (Å²) in [5.74, 6) is -4.76. The SMILES string of the molecule is COCC(C)(C)NS(=O)(=O)c1cc(C(=O)O)cc(F)c1F. The fourth-order valence-corrected chi connectivity index (χ4v) is 3.20. The Hall–Kier alpha value is -1.58. The Balaban J connectivity index is 3.35. The van der Waals surface area contributed by atoms with Crippen molar-refractivity contribution >= 4 is 16.0 Å². The van der Waals surface area contributed by atoms with Gasteiger partial charge in [-0.15, -0.1) is 0 Å². The second-order valence-electron chi connectivity index (χ2n) is 5.00. The highest BCUT2D eigenvalue weighted by Crippen LogP contribution is 2.21. The van der Waals surface area contributed by atoms with Crippen LogP contribution in [-0.2, 0) is 14.8 Å². The monoisotopic (exact) mass is 323 g/mol. The first kappa shape index (κ1) is 17.5. The largest absolute Gasteiger partial charge is 0.478 e. The van der Waals surface area contributed by atoms with Gasteiger partial charge in [0.25, 0.3) is 0 Å². The van der Waals surface area contributed by atoms with E-state index < -0.39 is 43.6 Å². The van der Waals surface area contributed by atoms with Crippen molar-refractivity contribution in [2.75, 3.05) is 13.7 Å². The summed E-state index contributed by atoms with van der Waals surface area (Å²) in [6.07, 6.45) is 0. The van der Waals surface area contributed by atoms with Gasteiger partial charge >= 0.3 is 5.97 Å². The third kappa shape index (κ3) is 4.19. The predicted octanol–water partition coefficient (Wildman–Crippen LogP) is 1.37. The topological polar surface area (TPSA) is 92.7 Å². The predicted molar refractivity (Wildman–Crippen MR) is 69.6 cm³/mol. The number of carboxylic acids is 1. The van der Waals surface area contributed by atoms with Crippen LogP contribution >= 0.6 is 0 Å². The van der Waals surface area contributed by atoms with Gasteiger partial charge in [0, 0.05) is 7.11 Å². The summed E-state index contributed by atoms with van der Waals surface area (Å²) in [5, 5.41) is 8.78. The second kappa shape index (κ2) is 6.04. The molecule has 0 radical (unpaired) electrons. The lowest BCUT2D eigenvalue weighted by atomic mass is 10.1. The summed E-state index contributed by atoms with van der Waals surface area (Å²) < 4.78 is 58.2. The Kier molecular flexibility index (Phi) is 5.03. The number of benzene rings is 1. The zero-order chi connectivity index (χ0) is 16.4. The van der Waals surface area contributed by atoms with Crippen LogP contribution in [0.3, 0.4) is 0 Å². The van der Waals surface area contributed by atoms with E-state index in [0.717, 1.165) is 0 Å². The maximum atomic E-state index is 13.7. The number of sulfonamides is 1. The number of halogens is 2. The third-order valence-electron chi connectivity index (χ3n) is 2.45. The maximum absolute atomic E-state index is 13.7. The number of hydrogen-bond acceptors (Lipinski definition) is 4. The summed E-state index contributed by atoms with van der Waals surface area (Å²) >= 11 is 0. The number of carbonyl (C=O) groups is 1.